The molecular weight excluding hydrogens is 316 g/mol. The van der Waals surface area contributed by atoms with Gasteiger partial charge in [0.2, 0.25) is 5.95 Å². The van der Waals surface area contributed by atoms with Crippen LogP contribution < -0.4 is 4.90 Å². The lowest BCUT2D eigenvalue weighted by Gasteiger charge is -2.37. The van der Waals surface area contributed by atoms with E-state index in [1.165, 1.54) is 0 Å². The maximum Gasteiger partial charge on any atom is 0.410 e. The molecule has 1 aliphatic rings. The van der Waals surface area contributed by atoms with Crippen molar-refractivity contribution < 1.29 is 9.53 Å². The van der Waals surface area contributed by atoms with Crippen LogP contribution in [0.25, 0.3) is 0 Å². The molecule has 7 heteroatoms. The number of piperidine rings is 1. The highest BCUT2D eigenvalue weighted by Gasteiger charge is 2.29. The maximum absolute atomic E-state index is 12.1. The highest BCUT2D eigenvalue weighted by molar-refractivity contribution is 6.29. The SMILES string of the molecule is Cc1cc(Cl)nc(N2CCC(N(C)C(=O)OC(C)(C)C)CC2)n1. The summed E-state index contributed by atoms with van der Waals surface area (Å²) in [6.07, 6.45) is 1.43. The summed E-state index contributed by atoms with van der Waals surface area (Å²) in [6, 6.07) is 1.91. The molecule has 0 saturated carbocycles. The molecule has 0 unspecified atom stereocenters. The van der Waals surface area contributed by atoms with Gasteiger partial charge in [0.25, 0.3) is 0 Å². The molecule has 0 spiro atoms. The van der Waals surface area contributed by atoms with Crippen LogP contribution in [0.15, 0.2) is 6.07 Å². The number of carbonyl (C=O) groups excluding carboxylic acids is 1. The molecule has 0 aromatic carbocycles. The third-order valence-electron chi connectivity index (χ3n) is 3.79. The number of hydrogen-bond donors (Lipinski definition) is 0. The zero-order valence-corrected chi connectivity index (χ0v) is 15.2. The topological polar surface area (TPSA) is 58.6 Å². The summed E-state index contributed by atoms with van der Waals surface area (Å²) >= 11 is 6.00. The highest BCUT2D eigenvalue weighted by Crippen LogP contribution is 2.22. The number of nitrogens with zero attached hydrogens (tertiary/aromatic N) is 4. The molecular formula is C16H25ClN4O2. The monoisotopic (exact) mass is 340 g/mol. The number of aryl methyl sites for hydroxylation is 1. The van der Waals surface area contributed by atoms with Crippen molar-refractivity contribution in [1.82, 2.24) is 14.9 Å². The third kappa shape index (κ3) is 4.96. The second-order valence-corrected chi connectivity index (χ2v) is 7.33. The van der Waals surface area contributed by atoms with Crippen LogP contribution in [0.4, 0.5) is 10.7 Å². The largest absolute Gasteiger partial charge is 0.444 e. The number of aromatic nitrogens is 2. The first-order valence-electron chi connectivity index (χ1n) is 7.87. The second kappa shape index (κ2) is 6.91. The number of anilines is 1. The number of carbonyl (C=O) groups is 1. The smallest absolute Gasteiger partial charge is 0.410 e. The molecule has 0 N–H and O–H groups in total. The molecule has 2 heterocycles. The van der Waals surface area contributed by atoms with E-state index < -0.39 is 5.60 Å². The van der Waals surface area contributed by atoms with E-state index in [4.69, 9.17) is 16.3 Å². The van der Waals surface area contributed by atoms with Crippen molar-refractivity contribution in [2.75, 3.05) is 25.0 Å². The van der Waals surface area contributed by atoms with Crippen molar-refractivity contribution in [3.63, 3.8) is 0 Å². The summed E-state index contributed by atoms with van der Waals surface area (Å²) in [5.41, 5.74) is 0.381. The van der Waals surface area contributed by atoms with Gasteiger partial charge in [0.15, 0.2) is 0 Å². The first-order chi connectivity index (χ1) is 10.7. The summed E-state index contributed by atoms with van der Waals surface area (Å²) in [7, 11) is 1.80. The van der Waals surface area contributed by atoms with Crippen LogP contribution in [0.2, 0.25) is 5.15 Å². The van der Waals surface area contributed by atoms with Gasteiger partial charge < -0.3 is 14.5 Å². The number of hydrogen-bond acceptors (Lipinski definition) is 5. The summed E-state index contributed by atoms with van der Waals surface area (Å²) in [5.74, 6) is 0.661. The Labute approximate surface area is 142 Å². The zero-order chi connectivity index (χ0) is 17.2. The van der Waals surface area contributed by atoms with Gasteiger partial charge in [-0.15, -0.1) is 0 Å². The zero-order valence-electron chi connectivity index (χ0n) is 14.5. The van der Waals surface area contributed by atoms with Crippen LogP contribution in [0.3, 0.4) is 0 Å². The Morgan fingerprint density at radius 3 is 2.48 bits per heavy atom. The van der Waals surface area contributed by atoms with E-state index in [2.05, 4.69) is 14.9 Å². The molecule has 6 nitrogen and oxygen atoms in total. The van der Waals surface area contributed by atoms with E-state index in [0.29, 0.717) is 11.1 Å². The van der Waals surface area contributed by atoms with E-state index in [9.17, 15) is 4.79 Å². The van der Waals surface area contributed by atoms with Gasteiger partial charge in [0.05, 0.1) is 0 Å². The van der Waals surface area contributed by atoms with Crippen LogP contribution in [-0.4, -0.2) is 52.7 Å². The second-order valence-electron chi connectivity index (χ2n) is 6.94. The van der Waals surface area contributed by atoms with E-state index in [1.807, 2.05) is 27.7 Å². The lowest BCUT2D eigenvalue weighted by Crippen LogP contribution is -2.47. The van der Waals surface area contributed by atoms with Crippen molar-refractivity contribution in [3.8, 4) is 0 Å². The standard InChI is InChI=1S/C16H25ClN4O2/c1-11-10-13(17)19-14(18-11)21-8-6-12(7-9-21)20(5)15(22)23-16(2,3)4/h10,12H,6-9H2,1-5H3. The van der Waals surface area contributed by atoms with Crippen LogP contribution >= 0.6 is 11.6 Å². The van der Waals surface area contributed by atoms with Gasteiger partial charge in [-0.1, -0.05) is 11.6 Å². The predicted octanol–water partition coefficient (Wildman–Crippen LogP) is 3.27. The molecule has 1 aromatic rings. The fourth-order valence-electron chi connectivity index (χ4n) is 2.59. The molecule has 0 bridgehead atoms. The molecule has 23 heavy (non-hydrogen) atoms. The molecule has 1 amide bonds. The van der Waals surface area contributed by atoms with Crippen LogP contribution in [0.5, 0.6) is 0 Å². The van der Waals surface area contributed by atoms with Crippen molar-refractivity contribution >= 4 is 23.6 Å². The number of rotatable bonds is 2. The normalized spacial score (nSPS) is 16.3. The average molecular weight is 341 g/mol. The molecule has 1 aliphatic heterocycles. The Morgan fingerprint density at radius 2 is 1.96 bits per heavy atom. The molecule has 1 fully saturated rings. The Morgan fingerprint density at radius 1 is 1.35 bits per heavy atom. The Kier molecular flexibility index (Phi) is 5.34. The summed E-state index contributed by atoms with van der Waals surface area (Å²) in [4.78, 5) is 24.7. The maximum atomic E-state index is 12.1. The van der Waals surface area contributed by atoms with Crippen molar-refractivity contribution in [2.24, 2.45) is 0 Å². The van der Waals surface area contributed by atoms with Crippen LogP contribution in [0.1, 0.15) is 39.3 Å². The molecule has 128 valence electrons. The molecule has 1 aromatic heterocycles. The highest BCUT2D eigenvalue weighted by atomic mass is 35.5. The van der Waals surface area contributed by atoms with Crippen molar-refractivity contribution in [2.45, 2.75) is 52.2 Å². The third-order valence-corrected chi connectivity index (χ3v) is 3.98. The minimum Gasteiger partial charge on any atom is -0.444 e. The van der Waals surface area contributed by atoms with Gasteiger partial charge in [0, 0.05) is 31.9 Å². The quantitative estimate of drug-likeness (QED) is 0.773. The van der Waals surface area contributed by atoms with E-state index >= 15 is 0 Å². The van der Waals surface area contributed by atoms with Gasteiger partial charge in [-0.3, -0.25) is 0 Å². The van der Waals surface area contributed by atoms with Gasteiger partial charge in [-0.05, 0) is 46.6 Å². The molecule has 0 atom stereocenters. The first-order valence-corrected chi connectivity index (χ1v) is 8.25. The summed E-state index contributed by atoms with van der Waals surface area (Å²) in [6.45, 7) is 9.11. The van der Waals surface area contributed by atoms with Crippen LogP contribution in [-0.2, 0) is 4.74 Å². The van der Waals surface area contributed by atoms with E-state index in [1.54, 1.807) is 18.0 Å². The van der Waals surface area contributed by atoms with Crippen LogP contribution in [0, 0.1) is 6.92 Å². The Bertz CT molecular complexity index is 545. The van der Waals surface area contributed by atoms with E-state index in [-0.39, 0.29) is 12.1 Å². The van der Waals surface area contributed by atoms with Gasteiger partial charge in [0.1, 0.15) is 10.8 Å². The Balaban J connectivity index is 1.94. The average Bonchev–Trinajstić information content (AvgIpc) is 2.44. The van der Waals surface area contributed by atoms with Crippen molar-refractivity contribution in [1.29, 1.82) is 0 Å². The molecule has 0 radical (unpaired) electrons. The lowest BCUT2D eigenvalue weighted by atomic mass is 10.0. The van der Waals surface area contributed by atoms with Gasteiger partial charge in [-0.2, -0.15) is 0 Å². The minimum atomic E-state index is -0.474. The lowest BCUT2D eigenvalue weighted by molar-refractivity contribution is 0.0200. The van der Waals surface area contributed by atoms with Gasteiger partial charge >= 0.3 is 6.09 Å². The summed E-state index contributed by atoms with van der Waals surface area (Å²) < 4.78 is 5.43. The molecule has 0 aliphatic carbocycles. The molecule has 1 saturated heterocycles. The Hall–Kier alpha value is -1.56. The van der Waals surface area contributed by atoms with Gasteiger partial charge in [-0.25, -0.2) is 14.8 Å². The van der Waals surface area contributed by atoms with Crippen molar-refractivity contribution in [3.05, 3.63) is 16.9 Å². The fraction of sp³-hybridized carbons (Fsp3) is 0.688. The fourth-order valence-corrected chi connectivity index (χ4v) is 2.83. The summed E-state index contributed by atoms with van der Waals surface area (Å²) in [5, 5.41) is 0.459. The van der Waals surface area contributed by atoms with E-state index in [0.717, 1.165) is 31.6 Å². The first kappa shape index (κ1) is 17.8. The number of ether oxygens (including phenoxy) is 1. The number of halogens is 1. The molecule has 2 rings (SSSR count). The predicted molar refractivity (Wildman–Crippen MR) is 91.0 cm³/mol. The minimum absolute atomic E-state index is 0.168. The number of amides is 1.